The van der Waals surface area contributed by atoms with Crippen molar-refractivity contribution in [2.75, 3.05) is 40.8 Å². The van der Waals surface area contributed by atoms with Crippen LogP contribution in [0.2, 0.25) is 0 Å². The van der Waals surface area contributed by atoms with E-state index in [0.29, 0.717) is 38.9 Å². The predicted molar refractivity (Wildman–Crippen MR) is 144 cm³/mol. The third-order valence-corrected chi connectivity index (χ3v) is 6.16. The lowest BCUT2D eigenvalue weighted by atomic mass is 9.45. The molecule has 0 bridgehead atoms. The van der Waals surface area contributed by atoms with Crippen LogP contribution in [0.15, 0.2) is 73.2 Å². The minimum atomic E-state index is -1.46. The van der Waals surface area contributed by atoms with Gasteiger partial charge in [-0.05, 0) is 36.4 Å². The first kappa shape index (κ1) is 27.5. The van der Waals surface area contributed by atoms with Gasteiger partial charge in [0.25, 0.3) is 0 Å². The maximum absolute atomic E-state index is 13.5. The SMILES string of the molecule is CN(CCc1ccccn1)C(=O)B(C(=O)N(C)CCc1ccccn1)C(=O)N(C)CCc1ccccn1. The van der Waals surface area contributed by atoms with E-state index in [9.17, 15) is 14.4 Å². The number of rotatable bonds is 12. The Hall–Kier alpha value is -4.08. The summed E-state index contributed by atoms with van der Waals surface area (Å²) in [6.07, 6.45) is 6.63. The van der Waals surface area contributed by atoms with Gasteiger partial charge in [-0.25, -0.2) is 0 Å². The summed E-state index contributed by atoms with van der Waals surface area (Å²) in [7, 11) is 4.84. The van der Waals surface area contributed by atoms with E-state index in [1.165, 1.54) is 14.7 Å². The Bertz CT molecular complexity index is 1000. The Balaban J connectivity index is 1.71. The van der Waals surface area contributed by atoms with Crippen molar-refractivity contribution in [2.24, 2.45) is 0 Å². The molecule has 0 spiro atoms. The molecule has 9 nitrogen and oxygen atoms in total. The van der Waals surface area contributed by atoms with E-state index in [-0.39, 0.29) is 0 Å². The van der Waals surface area contributed by atoms with Crippen LogP contribution in [0.1, 0.15) is 17.1 Å². The molecule has 0 saturated heterocycles. The standard InChI is InChI=1S/C27H33BN6O3/c1-32(19-13-22-10-4-7-16-29-22)25(35)28(26(36)33(2)20-14-23-11-5-8-17-30-23)27(37)34(3)21-15-24-12-6-9-18-31-24/h4-12,16-18H,13-15,19-21H2,1-3H3. The summed E-state index contributed by atoms with van der Waals surface area (Å²) in [4.78, 5) is 57.7. The quantitative estimate of drug-likeness (QED) is 0.354. The minimum Gasteiger partial charge on any atom is -0.353 e. The number of amides is 3. The molecular formula is C27H33BN6O3. The van der Waals surface area contributed by atoms with Gasteiger partial charge in [0.2, 0.25) is 0 Å². The second kappa shape index (κ2) is 13.9. The van der Waals surface area contributed by atoms with Crippen LogP contribution >= 0.6 is 0 Å². The van der Waals surface area contributed by atoms with Crippen LogP contribution in [-0.4, -0.2) is 94.6 Å². The van der Waals surface area contributed by atoms with E-state index in [0.717, 1.165) is 17.1 Å². The maximum Gasteiger partial charge on any atom is 0.457 e. The fourth-order valence-corrected chi connectivity index (χ4v) is 3.79. The molecule has 192 valence electrons. The van der Waals surface area contributed by atoms with E-state index in [2.05, 4.69) is 15.0 Å². The summed E-state index contributed by atoms with van der Waals surface area (Å²) in [5, 5.41) is 0. The lowest BCUT2D eigenvalue weighted by molar-refractivity contribution is 0.217. The molecule has 0 fully saturated rings. The number of hydrogen-bond acceptors (Lipinski definition) is 6. The largest absolute Gasteiger partial charge is 0.457 e. The third-order valence-electron chi connectivity index (χ3n) is 6.16. The highest BCUT2D eigenvalue weighted by molar-refractivity contribution is 7.27. The molecule has 0 aliphatic heterocycles. The van der Waals surface area contributed by atoms with Crippen molar-refractivity contribution >= 4 is 24.1 Å². The molecule has 3 aromatic rings. The van der Waals surface area contributed by atoms with Gasteiger partial charge in [0.15, 0.2) is 17.4 Å². The van der Waals surface area contributed by atoms with Gasteiger partial charge in [-0.3, -0.25) is 29.3 Å². The Labute approximate surface area is 218 Å². The van der Waals surface area contributed by atoms with Gasteiger partial charge < -0.3 is 14.7 Å². The molecule has 3 heterocycles. The van der Waals surface area contributed by atoms with Crippen LogP contribution in [0.4, 0.5) is 14.4 Å². The fraction of sp³-hybridized carbons (Fsp3) is 0.333. The van der Waals surface area contributed by atoms with Gasteiger partial charge in [0.05, 0.1) is 0 Å². The van der Waals surface area contributed by atoms with E-state index in [1.54, 1.807) is 39.7 Å². The van der Waals surface area contributed by atoms with Crippen molar-refractivity contribution in [1.82, 2.24) is 29.7 Å². The van der Waals surface area contributed by atoms with Crippen LogP contribution in [0.3, 0.4) is 0 Å². The number of hydrogen-bond donors (Lipinski definition) is 0. The lowest BCUT2D eigenvalue weighted by Gasteiger charge is -2.27. The van der Waals surface area contributed by atoms with Gasteiger partial charge in [-0.15, -0.1) is 0 Å². The average molecular weight is 500 g/mol. The van der Waals surface area contributed by atoms with Crippen LogP contribution in [-0.2, 0) is 19.3 Å². The molecule has 0 saturated carbocycles. The van der Waals surface area contributed by atoms with E-state index in [4.69, 9.17) is 0 Å². The van der Waals surface area contributed by atoms with Crippen molar-refractivity contribution in [3.05, 3.63) is 90.3 Å². The summed E-state index contributed by atoms with van der Waals surface area (Å²) < 4.78 is 0. The molecular weight excluding hydrogens is 467 g/mol. The topological polar surface area (TPSA) is 99.6 Å². The summed E-state index contributed by atoms with van der Waals surface area (Å²) in [5.74, 6) is -1.58. The van der Waals surface area contributed by atoms with Gasteiger partial charge in [-0.1, -0.05) is 18.2 Å². The van der Waals surface area contributed by atoms with Crippen LogP contribution in [0.5, 0.6) is 0 Å². The zero-order valence-electron chi connectivity index (χ0n) is 21.7. The molecule has 0 aliphatic rings. The van der Waals surface area contributed by atoms with E-state index < -0.39 is 24.1 Å². The lowest BCUT2D eigenvalue weighted by Crippen LogP contribution is -2.57. The Kier molecular flexibility index (Phi) is 10.3. The van der Waals surface area contributed by atoms with Crippen molar-refractivity contribution in [3.63, 3.8) is 0 Å². The molecule has 0 radical (unpaired) electrons. The highest BCUT2D eigenvalue weighted by Crippen LogP contribution is 2.09. The predicted octanol–water partition coefficient (Wildman–Crippen LogP) is 3.29. The number of aromatic nitrogens is 3. The highest BCUT2D eigenvalue weighted by atomic mass is 16.2. The fourth-order valence-electron chi connectivity index (χ4n) is 3.79. The molecule has 3 amide bonds. The molecule has 10 heteroatoms. The Morgan fingerprint density at radius 2 is 0.865 bits per heavy atom. The molecule has 0 atom stereocenters. The van der Waals surface area contributed by atoms with Crippen LogP contribution in [0.25, 0.3) is 0 Å². The first-order chi connectivity index (χ1) is 17.9. The van der Waals surface area contributed by atoms with Gasteiger partial charge in [0.1, 0.15) is 0 Å². The highest BCUT2D eigenvalue weighted by Gasteiger charge is 2.45. The second-order valence-corrected chi connectivity index (χ2v) is 8.93. The summed E-state index contributed by atoms with van der Waals surface area (Å²) in [5.41, 5.74) is 2.49. The van der Waals surface area contributed by atoms with E-state index >= 15 is 0 Å². The van der Waals surface area contributed by atoms with Crippen molar-refractivity contribution in [1.29, 1.82) is 0 Å². The minimum absolute atomic E-state index is 0.336. The van der Waals surface area contributed by atoms with Crippen LogP contribution < -0.4 is 0 Å². The summed E-state index contributed by atoms with van der Waals surface area (Å²) in [6, 6.07) is 16.8. The average Bonchev–Trinajstić information content (AvgIpc) is 2.94. The Morgan fingerprint density at radius 1 is 0.568 bits per heavy atom. The molecule has 0 aromatic carbocycles. The number of carbonyl (C=O) groups excluding carboxylic acids is 3. The zero-order valence-corrected chi connectivity index (χ0v) is 21.7. The zero-order chi connectivity index (χ0) is 26.6. The van der Waals surface area contributed by atoms with Crippen molar-refractivity contribution < 1.29 is 14.4 Å². The maximum atomic E-state index is 13.5. The normalized spacial score (nSPS) is 10.5. The number of carbonyl (C=O) groups is 3. The molecule has 3 aromatic heterocycles. The molecule has 0 aliphatic carbocycles. The monoisotopic (exact) mass is 500 g/mol. The molecule has 0 N–H and O–H groups in total. The second-order valence-electron chi connectivity index (χ2n) is 8.93. The van der Waals surface area contributed by atoms with Crippen molar-refractivity contribution in [2.45, 2.75) is 19.3 Å². The molecule has 0 unspecified atom stereocenters. The molecule has 37 heavy (non-hydrogen) atoms. The van der Waals surface area contributed by atoms with Gasteiger partial charge >= 0.3 is 6.71 Å². The first-order valence-corrected chi connectivity index (χ1v) is 12.3. The van der Waals surface area contributed by atoms with Gasteiger partial charge in [0, 0.05) is 95.7 Å². The van der Waals surface area contributed by atoms with Crippen molar-refractivity contribution in [3.8, 4) is 0 Å². The van der Waals surface area contributed by atoms with Gasteiger partial charge in [-0.2, -0.15) is 0 Å². The van der Waals surface area contributed by atoms with Crippen LogP contribution in [0, 0.1) is 0 Å². The summed E-state index contributed by atoms with van der Waals surface area (Å²) in [6.45, 7) is -0.455. The Morgan fingerprint density at radius 3 is 1.11 bits per heavy atom. The summed E-state index contributed by atoms with van der Waals surface area (Å²) >= 11 is 0. The smallest absolute Gasteiger partial charge is 0.353 e. The number of likely N-dealkylation sites (N-methyl/N-ethyl adjacent to an activating group) is 3. The number of pyridine rings is 3. The first-order valence-electron chi connectivity index (χ1n) is 12.3. The number of nitrogens with zero attached hydrogens (tertiary/aromatic N) is 6. The molecule has 3 rings (SSSR count). The van der Waals surface area contributed by atoms with E-state index in [1.807, 2.05) is 54.6 Å². The third kappa shape index (κ3) is 8.23.